The van der Waals surface area contributed by atoms with Crippen molar-refractivity contribution < 1.29 is 4.79 Å². The maximum absolute atomic E-state index is 13.2. The first-order chi connectivity index (χ1) is 15.2. The van der Waals surface area contributed by atoms with E-state index >= 15 is 0 Å². The zero-order chi connectivity index (χ0) is 21.2. The largest absolute Gasteiger partial charge is 0.346 e. The first-order valence-electron chi connectivity index (χ1n) is 10.3. The Kier molecular flexibility index (Phi) is 5.38. The van der Waals surface area contributed by atoms with Crippen molar-refractivity contribution in [2.24, 2.45) is 0 Å². The summed E-state index contributed by atoms with van der Waals surface area (Å²) < 4.78 is 4.78. The molecule has 31 heavy (non-hydrogen) atoms. The van der Waals surface area contributed by atoms with Crippen molar-refractivity contribution in [3.8, 4) is 11.5 Å². The summed E-state index contributed by atoms with van der Waals surface area (Å²) in [5.41, 5.74) is 4.60. The van der Waals surface area contributed by atoms with Gasteiger partial charge in [0.1, 0.15) is 12.1 Å². The number of rotatable bonds is 5. The third-order valence-corrected chi connectivity index (χ3v) is 6.05. The average Bonchev–Trinajstić information content (AvgIpc) is 3.47. The highest BCUT2D eigenvalue weighted by Gasteiger charge is 2.25. The Balaban J connectivity index is 1.42. The number of carbonyl (C=O) groups excluding carboxylic acids is 1. The highest BCUT2D eigenvalue weighted by molar-refractivity contribution is 9.10. The van der Waals surface area contributed by atoms with Crippen molar-refractivity contribution in [1.82, 2.24) is 29.6 Å². The molecule has 0 radical (unpaired) electrons. The lowest BCUT2D eigenvalue weighted by atomic mass is 9.95. The van der Waals surface area contributed by atoms with Crippen LogP contribution in [-0.4, -0.2) is 30.2 Å². The molecule has 156 valence electrons. The molecule has 1 aromatic carbocycles. The van der Waals surface area contributed by atoms with Crippen molar-refractivity contribution in [2.75, 3.05) is 0 Å². The van der Waals surface area contributed by atoms with Crippen LogP contribution in [0.15, 0.2) is 65.8 Å². The van der Waals surface area contributed by atoms with E-state index in [0.29, 0.717) is 12.2 Å². The molecule has 4 aromatic rings. The van der Waals surface area contributed by atoms with E-state index < -0.39 is 0 Å². The Morgan fingerprint density at radius 2 is 1.94 bits per heavy atom. The summed E-state index contributed by atoms with van der Waals surface area (Å²) in [6.07, 6.45) is 11.0. The maximum Gasteiger partial charge on any atom is 0.272 e. The van der Waals surface area contributed by atoms with Gasteiger partial charge in [0, 0.05) is 46.4 Å². The van der Waals surface area contributed by atoms with Gasteiger partial charge in [-0.1, -0.05) is 22.0 Å². The van der Waals surface area contributed by atoms with Gasteiger partial charge >= 0.3 is 0 Å². The molecule has 3 heterocycles. The SMILES string of the molecule is O=C(NCc1cccnc1-n1ccnc1)c1nn(-c2ccc(Br)cc2)c2c1CCCC2. The molecule has 0 atom stereocenters. The fourth-order valence-electron chi connectivity index (χ4n) is 4.02. The Bertz CT molecular complexity index is 1210. The summed E-state index contributed by atoms with van der Waals surface area (Å²) >= 11 is 3.48. The molecule has 0 aliphatic heterocycles. The first-order valence-corrected chi connectivity index (χ1v) is 11.1. The minimum absolute atomic E-state index is 0.158. The number of hydrogen-bond donors (Lipinski definition) is 1. The Hall–Kier alpha value is -3.26. The second kappa shape index (κ2) is 8.47. The van der Waals surface area contributed by atoms with Crippen LogP contribution < -0.4 is 5.32 Å². The number of nitrogens with one attached hydrogen (secondary N) is 1. The number of pyridine rings is 1. The summed E-state index contributed by atoms with van der Waals surface area (Å²) in [7, 11) is 0. The summed E-state index contributed by atoms with van der Waals surface area (Å²) in [5.74, 6) is 0.595. The number of benzene rings is 1. The summed E-state index contributed by atoms with van der Waals surface area (Å²) in [6, 6.07) is 11.8. The van der Waals surface area contributed by atoms with Crippen LogP contribution in [0, 0.1) is 0 Å². The number of fused-ring (bicyclic) bond motifs is 1. The van der Waals surface area contributed by atoms with E-state index in [-0.39, 0.29) is 5.91 Å². The lowest BCUT2D eigenvalue weighted by Gasteiger charge is -2.14. The van der Waals surface area contributed by atoms with Crippen LogP contribution in [0.1, 0.15) is 40.2 Å². The van der Waals surface area contributed by atoms with Crippen LogP contribution in [0.4, 0.5) is 0 Å². The van der Waals surface area contributed by atoms with Gasteiger partial charge in [-0.2, -0.15) is 5.10 Å². The lowest BCUT2D eigenvalue weighted by molar-refractivity contribution is 0.0944. The molecule has 5 rings (SSSR count). The predicted molar refractivity (Wildman–Crippen MR) is 120 cm³/mol. The molecule has 0 saturated carbocycles. The molecule has 1 N–H and O–H groups in total. The number of halogens is 1. The number of nitrogens with zero attached hydrogens (tertiary/aromatic N) is 5. The van der Waals surface area contributed by atoms with Gasteiger partial charge in [0.05, 0.1) is 5.69 Å². The maximum atomic E-state index is 13.2. The van der Waals surface area contributed by atoms with Crippen LogP contribution in [0.5, 0.6) is 0 Å². The van der Waals surface area contributed by atoms with Crippen LogP contribution in [-0.2, 0) is 19.4 Å². The smallest absolute Gasteiger partial charge is 0.272 e. The predicted octanol–water partition coefficient (Wildman–Crippen LogP) is 4.02. The fourth-order valence-corrected chi connectivity index (χ4v) is 4.29. The molecule has 7 nitrogen and oxygen atoms in total. The normalized spacial score (nSPS) is 13.1. The molecule has 0 bridgehead atoms. The van der Waals surface area contributed by atoms with Crippen molar-refractivity contribution in [2.45, 2.75) is 32.2 Å². The van der Waals surface area contributed by atoms with E-state index in [2.05, 4.69) is 31.2 Å². The number of imidazole rings is 1. The molecular formula is C23H21BrN6O. The van der Waals surface area contributed by atoms with Crippen LogP contribution >= 0.6 is 15.9 Å². The van der Waals surface area contributed by atoms with Gasteiger partial charge in [0.15, 0.2) is 5.69 Å². The average molecular weight is 477 g/mol. The monoisotopic (exact) mass is 476 g/mol. The Morgan fingerprint density at radius 3 is 2.74 bits per heavy atom. The topological polar surface area (TPSA) is 77.6 Å². The molecule has 0 spiro atoms. The van der Waals surface area contributed by atoms with Crippen LogP contribution in [0.3, 0.4) is 0 Å². The van der Waals surface area contributed by atoms with E-state index in [1.165, 1.54) is 0 Å². The van der Waals surface area contributed by atoms with Crippen molar-refractivity contribution in [3.05, 3.63) is 88.3 Å². The van der Waals surface area contributed by atoms with E-state index in [1.807, 2.05) is 51.8 Å². The van der Waals surface area contributed by atoms with Gasteiger partial charge in [-0.15, -0.1) is 0 Å². The third kappa shape index (κ3) is 3.90. The standard InChI is InChI=1S/C23H21BrN6O/c24-17-7-9-18(10-8-17)30-20-6-2-1-5-19(20)21(28-30)23(31)27-14-16-4-3-11-26-22(16)29-13-12-25-15-29/h3-4,7-13,15H,1-2,5-6,14H2,(H,27,31). The molecule has 0 saturated heterocycles. The summed E-state index contributed by atoms with van der Waals surface area (Å²) in [4.78, 5) is 21.7. The number of aromatic nitrogens is 5. The van der Waals surface area contributed by atoms with Crippen molar-refractivity contribution in [3.63, 3.8) is 0 Å². The van der Waals surface area contributed by atoms with Gasteiger partial charge in [0.2, 0.25) is 0 Å². The molecule has 1 aliphatic carbocycles. The molecule has 0 fully saturated rings. The zero-order valence-corrected chi connectivity index (χ0v) is 18.4. The molecule has 1 aliphatic rings. The molecule has 0 unspecified atom stereocenters. The quantitative estimate of drug-likeness (QED) is 0.471. The minimum atomic E-state index is -0.158. The van der Waals surface area contributed by atoms with Crippen molar-refractivity contribution in [1.29, 1.82) is 0 Å². The highest BCUT2D eigenvalue weighted by atomic mass is 79.9. The van der Waals surface area contributed by atoms with Gasteiger partial charge in [-0.25, -0.2) is 14.6 Å². The first kappa shape index (κ1) is 19.7. The number of hydrogen-bond acceptors (Lipinski definition) is 4. The van der Waals surface area contributed by atoms with E-state index in [0.717, 1.165) is 58.5 Å². The van der Waals surface area contributed by atoms with E-state index in [9.17, 15) is 4.79 Å². The van der Waals surface area contributed by atoms with E-state index in [4.69, 9.17) is 5.10 Å². The molecule has 8 heteroatoms. The number of carbonyl (C=O) groups is 1. The second-order valence-electron chi connectivity index (χ2n) is 7.51. The Labute approximate surface area is 188 Å². The number of amides is 1. The minimum Gasteiger partial charge on any atom is -0.346 e. The molecule has 1 amide bonds. The summed E-state index contributed by atoms with van der Waals surface area (Å²) in [5, 5.41) is 7.78. The Morgan fingerprint density at radius 1 is 1.10 bits per heavy atom. The summed E-state index contributed by atoms with van der Waals surface area (Å²) in [6.45, 7) is 0.361. The zero-order valence-electron chi connectivity index (χ0n) is 16.8. The van der Waals surface area contributed by atoms with Gasteiger partial charge in [0.25, 0.3) is 5.91 Å². The highest BCUT2D eigenvalue weighted by Crippen LogP contribution is 2.27. The van der Waals surface area contributed by atoms with Crippen LogP contribution in [0.2, 0.25) is 0 Å². The fraction of sp³-hybridized carbons (Fsp3) is 0.217. The van der Waals surface area contributed by atoms with Gasteiger partial charge in [-0.05, 0) is 56.0 Å². The van der Waals surface area contributed by atoms with E-state index in [1.54, 1.807) is 18.7 Å². The van der Waals surface area contributed by atoms with Crippen LogP contribution in [0.25, 0.3) is 11.5 Å². The third-order valence-electron chi connectivity index (χ3n) is 5.52. The van der Waals surface area contributed by atoms with Gasteiger partial charge in [-0.3, -0.25) is 9.36 Å². The van der Waals surface area contributed by atoms with Crippen molar-refractivity contribution >= 4 is 21.8 Å². The molecular weight excluding hydrogens is 456 g/mol. The molecule has 3 aromatic heterocycles. The lowest BCUT2D eigenvalue weighted by Crippen LogP contribution is -2.25. The second-order valence-corrected chi connectivity index (χ2v) is 8.42. The van der Waals surface area contributed by atoms with Gasteiger partial charge < -0.3 is 5.32 Å².